The minimum atomic E-state index is -0.930. The van der Waals surface area contributed by atoms with Gasteiger partial charge in [0.1, 0.15) is 5.54 Å². The van der Waals surface area contributed by atoms with E-state index in [2.05, 4.69) is 10.6 Å². The Morgan fingerprint density at radius 3 is 2.46 bits per heavy atom. The highest BCUT2D eigenvalue weighted by atomic mass is 16.4. The number of carboxylic acid groups (broad SMARTS) is 1. The van der Waals surface area contributed by atoms with Gasteiger partial charge in [-0.15, -0.1) is 0 Å². The van der Waals surface area contributed by atoms with Gasteiger partial charge in [-0.1, -0.05) is 0 Å². The quantitative estimate of drug-likeness (QED) is 0.458. The van der Waals surface area contributed by atoms with Gasteiger partial charge in [0.15, 0.2) is 0 Å². The zero-order chi connectivity index (χ0) is 9.64. The first-order chi connectivity index (χ1) is 6.03. The van der Waals surface area contributed by atoms with Gasteiger partial charge >= 0.3 is 12.0 Å². The van der Waals surface area contributed by atoms with Crippen LogP contribution in [0.2, 0.25) is 0 Å². The van der Waals surface area contributed by atoms with Crippen LogP contribution in [-0.4, -0.2) is 28.6 Å². The van der Waals surface area contributed by atoms with Crippen molar-refractivity contribution < 1.29 is 19.5 Å². The maximum atomic E-state index is 11.2. The predicted octanol–water partition coefficient (Wildman–Crippen LogP) is -0.941. The van der Waals surface area contributed by atoms with Gasteiger partial charge in [-0.3, -0.25) is 14.9 Å². The molecule has 0 aromatic rings. The van der Waals surface area contributed by atoms with Crippen molar-refractivity contribution in [3.8, 4) is 0 Å². The zero-order valence-corrected chi connectivity index (χ0v) is 6.66. The molecule has 70 valence electrons. The second-order valence-corrected chi connectivity index (χ2v) is 3.43. The van der Waals surface area contributed by atoms with E-state index < -0.39 is 29.4 Å². The Bertz CT molecular complexity index is 306. The number of nitrogens with one attached hydrogen (secondary N) is 2. The van der Waals surface area contributed by atoms with Crippen LogP contribution in [0.25, 0.3) is 0 Å². The van der Waals surface area contributed by atoms with Gasteiger partial charge in [0.2, 0.25) is 0 Å². The summed E-state index contributed by atoms with van der Waals surface area (Å²) >= 11 is 0. The summed E-state index contributed by atoms with van der Waals surface area (Å²) in [6.07, 6.45) is 0.389. The predicted molar refractivity (Wildman–Crippen MR) is 39.8 cm³/mol. The number of imide groups is 1. The molecule has 6 nitrogen and oxygen atoms in total. The third-order valence-electron chi connectivity index (χ3n) is 2.55. The summed E-state index contributed by atoms with van der Waals surface area (Å²) < 4.78 is 0. The van der Waals surface area contributed by atoms with Gasteiger partial charge in [-0.2, -0.15) is 0 Å². The van der Waals surface area contributed by atoms with Crippen molar-refractivity contribution in [1.29, 1.82) is 0 Å². The molecule has 2 rings (SSSR count). The van der Waals surface area contributed by atoms with Crippen LogP contribution in [0.3, 0.4) is 0 Å². The molecule has 0 atom stereocenters. The molecule has 3 amide bonds. The number of rotatable bonds is 1. The molecule has 0 aromatic heterocycles. The molecule has 1 saturated carbocycles. The fourth-order valence-electron chi connectivity index (χ4n) is 1.77. The molecule has 1 saturated heterocycles. The number of carbonyl (C=O) groups excluding carboxylic acids is 2. The summed E-state index contributed by atoms with van der Waals surface area (Å²) in [5.41, 5.74) is -0.930. The molecule has 3 N–H and O–H groups in total. The maximum absolute atomic E-state index is 11.2. The van der Waals surface area contributed by atoms with Crippen LogP contribution >= 0.6 is 0 Å². The number of urea groups is 1. The Hall–Kier alpha value is -1.59. The van der Waals surface area contributed by atoms with E-state index >= 15 is 0 Å². The largest absolute Gasteiger partial charge is 0.481 e. The summed E-state index contributed by atoms with van der Waals surface area (Å²) in [6.45, 7) is 0. The van der Waals surface area contributed by atoms with Crippen molar-refractivity contribution in [2.45, 2.75) is 18.4 Å². The third-order valence-corrected chi connectivity index (χ3v) is 2.55. The number of hydrogen-bond acceptors (Lipinski definition) is 3. The normalized spacial score (nSPS) is 36.8. The molecular formula is C7H8N2O4. The van der Waals surface area contributed by atoms with E-state index in [9.17, 15) is 14.4 Å². The second-order valence-electron chi connectivity index (χ2n) is 3.43. The van der Waals surface area contributed by atoms with E-state index in [-0.39, 0.29) is 12.8 Å². The first-order valence-corrected chi connectivity index (χ1v) is 3.90. The molecule has 1 heterocycles. The van der Waals surface area contributed by atoms with E-state index in [1.165, 1.54) is 0 Å². The van der Waals surface area contributed by atoms with Gasteiger partial charge in [0.05, 0.1) is 5.92 Å². The summed E-state index contributed by atoms with van der Waals surface area (Å²) in [5.74, 6) is -1.83. The van der Waals surface area contributed by atoms with E-state index in [0.717, 1.165) is 0 Å². The zero-order valence-electron chi connectivity index (χ0n) is 6.66. The van der Waals surface area contributed by atoms with Crippen molar-refractivity contribution >= 4 is 17.9 Å². The van der Waals surface area contributed by atoms with Crippen molar-refractivity contribution in [1.82, 2.24) is 10.6 Å². The number of carboxylic acids is 1. The molecular weight excluding hydrogens is 176 g/mol. The lowest BCUT2D eigenvalue weighted by molar-refractivity contribution is -0.149. The number of amides is 3. The second kappa shape index (κ2) is 2.21. The molecule has 0 aromatic carbocycles. The summed E-state index contributed by atoms with van der Waals surface area (Å²) in [4.78, 5) is 32.4. The standard InChI is InChI=1S/C7H8N2O4/c10-4(11)3-1-7(2-3)5(12)8-6(13)9-7/h3H,1-2H2,(H,10,11)(H2,8,9,12,13)/t3-,7+. The minimum absolute atomic E-state index is 0.194. The molecule has 13 heavy (non-hydrogen) atoms. The summed E-state index contributed by atoms with van der Waals surface area (Å²) in [5, 5.41) is 13.1. The van der Waals surface area contributed by atoms with E-state index in [1.807, 2.05) is 0 Å². The number of hydrogen-bond donors (Lipinski definition) is 3. The lowest BCUT2D eigenvalue weighted by atomic mass is 9.68. The average Bonchev–Trinajstić information content (AvgIpc) is 2.21. The Balaban J connectivity index is 2.07. The van der Waals surface area contributed by atoms with Crippen LogP contribution < -0.4 is 10.6 Å². The summed E-state index contributed by atoms with van der Waals surface area (Å²) in [7, 11) is 0. The molecule has 1 aliphatic carbocycles. The third kappa shape index (κ3) is 0.980. The van der Waals surface area contributed by atoms with Crippen LogP contribution in [0, 0.1) is 5.92 Å². The molecule has 0 radical (unpaired) electrons. The first-order valence-electron chi connectivity index (χ1n) is 3.90. The molecule has 1 aliphatic heterocycles. The first kappa shape index (κ1) is 8.03. The van der Waals surface area contributed by atoms with Crippen molar-refractivity contribution in [3.05, 3.63) is 0 Å². The average molecular weight is 184 g/mol. The monoisotopic (exact) mass is 184 g/mol. The van der Waals surface area contributed by atoms with Crippen molar-refractivity contribution in [2.24, 2.45) is 5.92 Å². The highest BCUT2D eigenvalue weighted by Gasteiger charge is 2.57. The summed E-state index contributed by atoms with van der Waals surface area (Å²) in [6, 6.07) is -0.533. The van der Waals surface area contributed by atoms with Gasteiger partial charge < -0.3 is 10.4 Å². The van der Waals surface area contributed by atoms with E-state index in [1.54, 1.807) is 0 Å². The Kier molecular flexibility index (Phi) is 1.37. The lowest BCUT2D eigenvalue weighted by Crippen LogP contribution is -2.58. The Labute approximate surface area is 73.3 Å². The smallest absolute Gasteiger partial charge is 0.322 e. The Morgan fingerprint density at radius 1 is 1.46 bits per heavy atom. The highest BCUT2D eigenvalue weighted by molar-refractivity contribution is 6.08. The molecule has 2 aliphatic rings. The van der Waals surface area contributed by atoms with Gasteiger partial charge in [-0.25, -0.2) is 4.79 Å². The molecule has 6 heteroatoms. The van der Waals surface area contributed by atoms with E-state index in [4.69, 9.17) is 5.11 Å². The fourth-order valence-corrected chi connectivity index (χ4v) is 1.77. The van der Waals surface area contributed by atoms with Crippen LogP contribution in [0.15, 0.2) is 0 Å². The number of carbonyl (C=O) groups is 3. The molecule has 0 bridgehead atoms. The van der Waals surface area contributed by atoms with Gasteiger partial charge in [0, 0.05) is 0 Å². The number of aliphatic carboxylic acids is 1. The lowest BCUT2D eigenvalue weighted by Gasteiger charge is -2.39. The SMILES string of the molecule is O=C1NC(=O)[C@]2(C[C@H](C(=O)O)C2)N1. The van der Waals surface area contributed by atoms with Crippen LogP contribution in [0.5, 0.6) is 0 Å². The Morgan fingerprint density at radius 2 is 2.08 bits per heavy atom. The topological polar surface area (TPSA) is 95.5 Å². The molecule has 2 fully saturated rings. The molecule has 0 unspecified atom stereocenters. The van der Waals surface area contributed by atoms with E-state index in [0.29, 0.717) is 0 Å². The van der Waals surface area contributed by atoms with Crippen molar-refractivity contribution in [2.75, 3.05) is 0 Å². The maximum Gasteiger partial charge on any atom is 0.322 e. The highest BCUT2D eigenvalue weighted by Crippen LogP contribution is 2.39. The van der Waals surface area contributed by atoms with Gasteiger partial charge in [-0.05, 0) is 12.8 Å². The van der Waals surface area contributed by atoms with Crippen LogP contribution in [0.4, 0.5) is 4.79 Å². The fraction of sp³-hybridized carbons (Fsp3) is 0.571. The van der Waals surface area contributed by atoms with Crippen molar-refractivity contribution in [3.63, 3.8) is 0 Å². The minimum Gasteiger partial charge on any atom is -0.481 e. The molecule has 1 spiro atoms. The van der Waals surface area contributed by atoms with Crippen LogP contribution in [0.1, 0.15) is 12.8 Å². The van der Waals surface area contributed by atoms with Gasteiger partial charge in [0.25, 0.3) is 5.91 Å². The van der Waals surface area contributed by atoms with Crippen LogP contribution in [-0.2, 0) is 9.59 Å².